The van der Waals surface area contributed by atoms with Crippen LogP contribution in [0.2, 0.25) is 0 Å². The predicted octanol–water partition coefficient (Wildman–Crippen LogP) is 5.35. The Labute approximate surface area is 168 Å². The highest BCUT2D eigenvalue weighted by molar-refractivity contribution is 5.81. The van der Waals surface area contributed by atoms with E-state index >= 15 is 0 Å². The van der Waals surface area contributed by atoms with E-state index in [1.54, 1.807) is 0 Å². The molecule has 150 valence electrons. The molecule has 0 aromatic heterocycles. The molecule has 1 N–H and O–H groups in total. The zero-order valence-corrected chi connectivity index (χ0v) is 17.3. The zero-order chi connectivity index (χ0) is 20.1. The summed E-state index contributed by atoms with van der Waals surface area (Å²) in [6.45, 7) is 8.26. The van der Waals surface area contributed by atoms with Gasteiger partial charge in [0.1, 0.15) is 17.1 Å². The molecule has 2 aromatic carbocycles. The van der Waals surface area contributed by atoms with Crippen molar-refractivity contribution in [3.05, 3.63) is 59.7 Å². The number of amides is 1. The minimum Gasteiger partial charge on any atom is -0.487 e. The number of ether oxygens (including phenoxy) is 2. The van der Waals surface area contributed by atoms with E-state index in [4.69, 9.17) is 9.47 Å². The lowest BCUT2D eigenvalue weighted by atomic mass is 9.83. The molecule has 0 saturated carbocycles. The molecule has 0 aliphatic carbocycles. The summed E-state index contributed by atoms with van der Waals surface area (Å²) in [4.78, 5) is 13.1. The third-order valence-electron chi connectivity index (χ3n) is 5.83. The molecule has 0 radical (unpaired) electrons. The maximum atomic E-state index is 13.1. The van der Waals surface area contributed by atoms with Gasteiger partial charge in [0.05, 0.1) is 6.04 Å². The van der Waals surface area contributed by atoms with Crippen molar-refractivity contribution < 1.29 is 14.3 Å². The molecule has 4 nitrogen and oxygen atoms in total. The highest BCUT2D eigenvalue weighted by Crippen LogP contribution is 2.42. The van der Waals surface area contributed by atoms with Gasteiger partial charge in [0.25, 0.3) is 5.91 Å². The van der Waals surface area contributed by atoms with E-state index in [1.807, 2.05) is 62.4 Å². The van der Waals surface area contributed by atoms with E-state index < -0.39 is 6.10 Å². The van der Waals surface area contributed by atoms with E-state index in [9.17, 15) is 4.79 Å². The molecular formula is C24H31NO3. The fourth-order valence-electron chi connectivity index (χ4n) is 3.86. The summed E-state index contributed by atoms with van der Waals surface area (Å²) in [6.07, 6.45) is 2.66. The number of nitrogens with one attached hydrogen (secondary N) is 1. The molecule has 1 aliphatic rings. The number of hydrogen-bond donors (Lipinski definition) is 1. The Hall–Kier alpha value is -2.49. The average molecular weight is 382 g/mol. The molecule has 28 heavy (non-hydrogen) atoms. The van der Waals surface area contributed by atoms with Crippen molar-refractivity contribution in [2.75, 3.05) is 0 Å². The number of para-hydroxylation sites is 2. The third-order valence-corrected chi connectivity index (χ3v) is 5.83. The van der Waals surface area contributed by atoms with Crippen molar-refractivity contribution in [3.8, 4) is 11.5 Å². The van der Waals surface area contributed by atoms with Crippen LogP contribution < -0.4 is 14.8 Å². The highest BCUT2D eigenvalue weighted by Gasteiger charge is 2.39. The van der Waals surface area contributed by atoms with Gasteiger partial charge < -0.3 is 14.8 Å². The average Bonchev–Trinajstić information content (AvgIpc) is 2.72. The molecule has 4 heteroatoms. The van der Waals surface area contributed by atoms with Crippen LogP contribution in [0.15, 0.2) is 48.5 Å². The summed E-state index contributed by atoms with van der Waals surface area (Å²) < 4.78 is 12.4. The van der Waals surface area contributed by atoms with Crippen molar-refractivity contribution in [1.29, 1.82) is 0 Å². The Balaban J connectivity index is 1.80. The van der Waals surface area contributed by atoms with Gasteiger partial charge in [-0.2, -0.15) is 0 Å². The number of fused-ring (bicyclic) bond motifs is 1. The molecule has 1 amide bonds. The lowest BCUT2D eigenvalue weighted by Crippen LogP contribution is -2.47. The van der Waals surface area contributed by atoms with Crippen LogP contribution in [-0.4, -0.2) is 17.6 Å². The maximum Gasteiger partial charge on any atom is 0.261 e. The largest absolute Gasteiger partial charge is 0.487 e. The quantitative estimate of drug-likeness (QED) is 0.703. The number of hydrogen-bond acceptors (Lipinski definition) is 3. The number of rotatable bonds is 7. The first-order valence-electron chi connectivity index (χ1n) is 10.3. The lowest BCUT2D eigenvalue weighted by molar-refractivity contribution is -0.129. The predicted molar refractivity (Wildman–Crippen MR) is 112 cm³/mol. The van der Waals surface area contributed by atoms with E-state index in [-0.39, 0.29) is 17.6 Å². The number of benzene rings is 2. The number of carbonyl (C=O) groups is 1. The second-order valence-electron chi connectivity index (χ2n) is 7.58. The fraction of sp³-hybridized carbons (Fsp3) is 0.458. The Morgan fingerprint density at radius 2 is 1.82 bits per heavy atom. The van der Waals surface area contributed by atoms with Gasteiger partial charge in [0, 0.05) is 12.0 Å². The van der Waals surface area contributed by atoms with E-state index in [0.717, 1.165) is 41.9 Å². The van der Waals surface area contributed by atoms with Crippen LogP contribution in [0.4, 0.5) is 0 Å². The molecule has 2 aromatic rings. The molecule has 1 aliphatic heterocycles. The standard InChI is InChI=1S/C24H31NO3/c1-5-20(27-21-14-10-8-12-17(21)4)23(26)25-19-16-24(6-2,7-3)28-22-15-11-9-13-18(19)22/h8-15,19-20H,5-7,16H2,1-4H3,(H,25,26)/t19-,20-/m0/s1. The summed E-state index contributed by atoms with van der Waals surface area (Å²) in [5.41, 5.74) is 1.82. The smallest absolute Gasteiger partial charge is 0.261 e. The van der Waals surface area contributed by atoms with Gasteiger partial charge in [-0.3, -0.25) is 4.79 Å². The van der Waals surface area contributed by atoms with Gasteiger partial charge in [0.2, 0.25) is 0 Å². The molecule has 0 spiro atoms. The van der Waals surface area contributed by atoms with Crippen molar-refractivity contribution in [2.45, 2.75) is 71.1 Å². The molecule has 0 bridgehead atoms. The molecule has 1 heterocycles. The highest BCUT2D eigenvalue weighted by atomic mass is 16.5. The second-order valence-corrected chi connectivity index (χ2v) is 7.58. The normalized spacial score (nSPS) is 18.5. The maximum absolute atomic E-state index is 13.1. The Bertz CT molecular complexity index is 813. The molecule has 2 atom stereocenters. The Morgan fingerprint density at radius 1 is 1.14 bits per heavy atom. The first kappa shape index (κ1) is 20.2. The lowest BCUT2D eigenvalue weighted by Gasteiger charge is -2.42. The molecule has 3 rings (SSSR count). The van der Waals surface area contributed by atoms with E-state index in [2.05, 4.69) is 19.2 Å². The molecule has 0 unspecified atom stereocenters. The summed E-state index contributed by atoms with van der Waals surface area (Å²) >= 11 is 0. The van der Waals surface area contributed by atoms with Gasteiger partial charge in [-0.1, -0.05) is 57.2 Å². The minimum atomic E-state index is -0.520. The zero-order valence-electron chi connectivity index (χ0n) is 17.3. The van der Waals surface area contributed by atoms with Crippen LogP contribution in [0.25, 0.3) is 0 Å². The van der Waals surface area contributed by atoms with Crippen LogP contribution in [0.3, 0.4) is 0 Å². The summed E-state index contributed by atoms with van der Waals surface area (Å²) in [6, 6.07) is 15.7. The van der Waals surface area contributed by atoms with Gasteiger partial charge in [-0.15, -0.1) is 0 Å². The molecule has 0 fully saturated rings. The van der Waals surface area contributed by atoms with Crippen LogP contribution in [0.1, 0.15) is 63.6 Å². The van der Waals surface area contributed by atoms with Gasteiger partial charge in [-0.25, -0.2) is 0 Å². The number of aryl methyl sites for hydroxylation is 1. The van der Waals surface area contributed by atoms with Gasteiger partial charge in [-0.05, 0) is 43.9 Å². The molecule has 0 saturated heterocycles. The first-order valence-corrected chi connectivity index (χ1v) is 10.3. The van der Waals surface area contributed by atoms with E-state index in [0.29, 0.717) is 6.42 Å². The summed E-state index contributed by atoms with van der Waals surface area (Å²) in [7, 11) is 0. The fourth-order valence-corrected chi connectivity index (χ4v) is 3.86. The van der Waals surface area contributed by atoms with Crippen molar-refractivity contribution in [3.63, 3.8) is 0 Å². The van der Waals surface area contributed by atoms with Crippen molar-refractivity contribution >= 4 is 5.91 Å². The topological polar surface area (TPSA) is 47.6 Å². The van der Waals surface area contributed by atoms with Crippen LogP contribution in [0, 0.1) is 6.92 Å². The Kier molecular flexibility index (Phi) is 6.28. The van der Waals surface area contributed by atoms with Crippen LogP contribution >= 0.6 is 0 Å². The second kappa shape index (κ2) is 8.68. The van der Waals surface area contributed by atoms with Crippen molar-refractivity contribution in [2.24, 2.45) is 0 Å². The van der Waals surface area contributed by atoms with Crippen LogP contribution in [-0.2, 0) is 4.79 Å². The van der Waals surface area contributed by atoms with Gasteiger partial charge >= 0.3 is 0 Å². The van der Waals surface area contributed by atoms with Crippen molar-refractivity contribution in [1.82, 2.24) is 5.32 Å². The third kappa shape index (κ3) is 4.16. The van der Waals surface area contributed by atoms with Gasteiger partial charge in [0.15, 0.2) is 6.10 Å². The first-order chi connectivity index (χ1) is 13.5. The Morgan fingerprint density at radius 3 is 2.50 bits per heavy atom. The van der Waals surface area contributed by atoms with E-state index in [1.165, 1.54) is 0 Å². The van der Waals surface area contributed by atoms with Crippen LogP contribution in [0.5, 0.6) is 11.5 Å². The molecular weight excluding hydrogens is 350 g/mol. The summed E-state index contributed by atoms with van der Waals surface area (Å²) in [5, 5.41) is 3.25. The SMILES string of the molecule is CC[C@H](Oc1ccccc1C)C(=O)N[C@H]1CC(CC)(CC)Oc2ccccc21. The minimum absolute atomic E-state index is 0.0754. The number of carbonyl (C=O) groups excluding carboxylic acids is 1. The monoisotopic (exact) mass is 381 g/mol. The summed E-state index contributed by atoms with van der Waals surface area (Å²) in [5.74, 6) is 1.55.